The predicted molar refractivity (Wildman–Crippen MR) is 101 cm³/mol. The number of para-hydroxylation sites is 1. The van der Waals surface area contributed by atoms with E-state index in [9.17, 15) is 10.1 Å². The SMILES string of the molecule is Cn1c(=O)c(C#N)c(N2CCN(CC3=CCCO3)CC2)c2ccccc21. The standard InChI is InChI=1S/C20H22N4O2/c1-22-18-7-3-2-6-16(18)19(17(13-21)20(22)25)24-10-8-23(9-11-24)14-15-5-4-12-26-15/h2-3,5-7H,4,8-12,14H2,1H3. The van der Waals surface area contributed by atoms with Crippen molar-refractivity contribution in [3.63, 3.8) is 0 Å². The Morgan fingerprint density at radius 1 is 1.19 bits per heavy atom. The first-order valence-corrected chi connectivity index (χ1v) is 9.00. The second-order valence-electron chi connectivity index (χ2n) is 6.79. The van der Waals surface area contributed by atoms with Gasteiger partial charge in [-0.2, -0.15) is 5.26 Å². The highest BCUT2D eigenvalue weighted by molar-refractivity contribution is 5.94. The van der Waals surface area contributed by atoms with Crippen molar-refractivity contribution >= 4 is 16.6 Å². The van der Waals surface area contributed by atoms with Crippen molar-refractivity contribution in [2.45, 2.75) is 6.42 Å². The lowest BCUT2D eigenvalue weighted by molar-refractivity contribution is 0.187. The summed E-state index contributed by atoms with van der Waals surface area (Å²) >= 11 is 0. The molecule has 0 atom stereocenters. The number of nitriles is 1. The van der Waals surface area contributed by atoms with Gasteiger partial charge in [0.2, 0.25) is 0 Å². The summed E-state index contributed by atoms with van der Waals surface area (Å²) in [5.74, 6) is 1.06. The van der Waals surface area contributed by atoms with Crippen LogP contribution in [0, 0.1) is 11.3 Å². The fraction of sp³-hybridized carbons (Fsp3) is 0.400. The zero-order valence-corrected chi connectivity index (χ0v) is 14.9. The maximum atomic E-state index is 12.7. The molecular weight excluding hydrogens is 328 g/mol. The van der Waals surface area contributed by atoms with Gasteiger partial charge in [0, 0.05) is 45.0 Å². The molecule has 0 amide bonds. The van der Waals surface area contributed by atoms with Gasteiger partial charge in [-0.3, -0.25) is 9.69 Å². The molecule has 0 saturated carbocycles. The first kappa shape index (κ1) is 16.7. The van der Waals surface area contributed by atoms with Gasteiger partial charge in [-0.15, -0.1) is 0 Å². The lowest BCUT2D eigenvalue weighted by Crippen LogP contribution is -2.47. The fourth-order valence-electron chi connectivity index (χ4n) is 3.84. The Balaban J connectivity index is 1.64. The summed E-state index contributed by atoms with van der Waals surface area (Å²) in [6.07, 6.45) is 3.16. The molecule has 0 bridgehead atoms. The number of ether oxygens (including phenoxy) is 1. The molecule has 134 valence electrons. The Labute approximate surface area is 152 Å². The molecule has 6 heteroatoms. The highest BCUT2D eigenvalue weighted by Crippen LogP contribution is 2.29. The number of anilines is 1. The Morgan fingerprint density at radius 3 is 2.65 bits per heavy atom. The monoisotopic (exact) mass is 350 g/mol. The van der Waals surface area contributed by atoms with Gasteiger partial charge in [0.25, 0.3) is 5.56 Å². The van der Waals surface area contributed by atoms with Crippen LogP contribution in [0.1, 0.15) is 12.0 Å². The maximum absolute atomic E-state index is 12.7. The van der Waals surface area contributed by atoms with Crippen LogP contribution in [-0.4, -0.2) is 48.8 Å². The van der Waals surface area contributed by atoms with Crippen LogP contribution < -0.4 is 10.5 Å². The van der Waals surface area contributed by atoms with E-state index in [2.05, 4.69) is 21.9 Å². The molecule has 6 nitrogen and oxygen atoms in total. The van der Waals surface area contributed by atoms with Crippen LogP contribution in [0.5, 0.6) is 0 Å². The minimum absolute atomic E-state index is 0.229. The minimum Gasteiger partial charge on any atom is -0.497 e. The summed E-state index contributed by atoms with van der Waals surface area (Å²) in [4.78, 5) is 17.2. The molecular formula is C20H22N4O2. The highest BCUT2D eigenvalue weighted by Gasteiger charge is 2.24. The number of benzene rings is 1. The van der Waals surface area contributed by atoms with Gasteiger partial charge in [0.15, 0.2) is 0 Å². The molecule has 0 aliphatic carbocycles. The molecule has 2 aliphatic rings. The third-order valence-corrected chi connectivity index (χ3v) is 5.23. The first-order valence-electron chi connectivity index (χ1n) is 9.00. The summed E-state index contributed by atoms with van der Waals surface area (Å²) in [5, 5.41) is 10.6. The highest BCUT2D eigenvalue weighted by atomic mass is 16.5. The van der Waals surface area contributed by atoms with Gasteiger partial charge < -0.3 is 14.2 Å². The molecule has 1 aromatic heterocycles. The molecule has 4 rings (SSSR count). The van der Waals surface area contributed by atoms with Crippen molar-refractivity contribution in [1.29, 1.82) is 5.26 Å². The average Bonchev–Trinajstić information content (AvgIpc) is 3.18. The van der Waals surface area contributed by atoms with E-state index in [1.54, 1.807) is 11.6 Å². The third-order valence-electron chi connectivity index (χ3n) is 5.23. The fourth-order valence-corrected chi connectivity index (χ4v) is 3.84. The van der Waals surface area contributed by atoms with E-state index < -0.39 is 0 Å². The summed E-state index contributed by atoms with van der Waals surface area (Å²) in [7, 11) is 1.72. The summed E-state index contributed by atoms with van der Waals surface area (Å²) < 4.78 is 7.18. The van der Waals surface area contributed by atoms with E-state index >= 15 is 0 Å². The van der Waals surface area contributed by atoms with Gasteiger partial charge in [0.05, 0.1) is 24.4 Å². The summed E-state index contributed by atoms with van der Waals surface area (Å²) in [6.45, 7) is 4.98. The molecule has 1 saturated heterocycles. The van der Waals surface area contributed by atoms with E-state index in [1.165, 1.54) is 0 Å². The van der Waals surface area contributed by atoms with Crippen LogP contribution in [0.25, 0.3) is 10.9 Å². The minimum atomic E-state index is -0.229. The molecule has 0 unspecified atom stereocenters. The average molecular weight is 350 g/mol. The molecule has 3 heterocycles. The zero-order valence-electron chi connectivity index (χ0n) is 14.9. The van der Waals surface area contributed by atoms with Gasteiger partial charge in [0.1, 0.15) is 17.4 Å². The normalized spacial score (nSPS) is 17.8. The number of aryl methyl sites for hydroxylation is 1. The predicted octanol–water partition coefficient (Wildman–Crippen LogP) is 1.84. The molecule has 26 heavy (non-hydrogen) atoms. The Kier molecular flexibility index (Phi) is 4.39. The van der Waals surface area contributed by atoms with Crippen molar-refractivity contribution in [3.8, 4) is 6.07 Å². The van der Waals surface area contributed by atoms with Crippen LogP contribution in [0.2, 0.25) is 0 Å². The molecule has 0 spiro atoms. The molecule has 1 aromatic carbocycles. The smallest absolute Gasteiger partial charge is 0.270 e. The maximum Gasteiger partial charge on any atom is 0.270 e. The second kappa shape index (κ2) is 6.85. The lowest BCUT2D eigenvalue weighted by atomic mass is 10.1. The van der Waals surface area contributed by atoms with Crippen LogP contribution in [0.4, 0.5) is 5.69 Å². The first-order chi connectivity index (χ1) is 12.7. The Bertz CT molecular complexity index is 962. The number of piperazine rings is 1. The number of hydrogen-bond donors (Lipinski definition) is 0. The molecule has 1 fully saturated rings. The summed E-state index contributed by atoms with van der Waals surface area (Å²) in [6, 6.07) is 9.95. The number of aromatic nitrogens is 1. The number of fused-ring (bicyclic) bond motifs is 1. The van der Waals surface area contributed by atoms with E-state index in [4.69, 9.17) is 4.74 Å². The second-order valence-corrected chi connectivity index (χ2v) is 6.79. The van der Waals surface area contributed by atoms with Gasteiger partial charge in [-0.25, -0.2) is 0 Å². The van der Waals surface area contributed by atoms with Crippen molar-refractivity contribution in [3.05, 3.63) is 52.0 Å². The Hall–Kier alpha value is -2.78. The van der Waals surface area contributed by atoms with E-state index in [1.807, 2.05) is 24.3 Å². The quantitative estimate of drug-likeness (QED) is 0.845. The van der Waals surface area contributed by atoms with E-state index in [0.717, 1.165) is 68.1 Å². The van der Waals surface area contributed by atoms with Gasteiger partial charge in [-0.05, 0) is 12.1 Å². The molecule has 0 N–H and O–H groups in total. The lowest BCUT2D eigenvalue weighted by Gasteiger charge is -2.37. The van der Waals surface area contributed by atoms with Crippen LogP contribution >= 0.6 is 0 Å². The van der Waals surface area contributed by atoms with Crippen molar-refractivity contribution in [2.24, 2.45) is 7.05 Å². The topological polar surface area (TPSA) is 61.5 Å². The number of rotatable bonds is 3. The van der Waals surface area contributed by atoms with Crippen LogP contribution in [-0.2, 0) is 11.8 Å². The number of pyridine rings is 1. The molecule has 2 aromatic rings. The number of hydrogen-bond acceptors (Lipinski definition) is 5. The number of nitrogens with zero attached hydrogens (tertiary/aromatic N) is 4. The van der Waals surface area contributed by atoms with E-state index in [-0.39, 0.29) is 11.1 Å². The largest absolute Gasteiger partial charge is 0.497 e. The summed E-state index contributed by atoms with van der Waals surface area (Å²) in [5.41, 5.74) is 1.65. The van der Waals surface area contributed by atoms with Crippen LogP contribution in [0.3, 0.4) is 0 Å². The van der Waals surface area contributed by atoms with Crippen molar-refractivity contribution in [1.82, 2.24) is 9.47 Å². The Morgan fingerprint density at radius 2 is 1.96 bits per heavy atom. The van der Waals surface area contributed by atoms with Crippen LogP contribution in [0.15, 0.2) is 40.9 Å². The molecule has 2 aliphatic heterocycles. The van der Waals surface area contributed by atoms with Gasteiger partial charge >= 0.3 is 0 Å². The van der Waals surface area contributed by atoms with Gasteiger partial charge in [-0.1, -0.05) is 18.2 Å². The van der Waals surface area contributed by atoms with Crippen molar-refractivity contribution < 1.29 is 4.74 Å². The molecule has 0 radical (unpaired) electrons. The third kappa shape index (κ3) is 2.85. The van der Waals surface area contributed by atoms with Crippen molar-refractivity contribution in [2.75, 3.05) is 44.2 Å². The zero-order chi connectivity index (χ0) is 18.1. The van der Waals surface area contributed by atoms with E-state index in [0.29, 0.717) is 0 Å².